The van der Waals surface area contributed by atoms with E-state index in [0.29, 0.717) is 17.9 Å². The molecule has 2 aliphatic rings. The molecular formula is C15H27NO. The van der Waals surface area contributed by atoms with Gasteiger partial charge in [-0.05, 0) is 25.2 Å². The van der Waals surface area contributed by atoms with Gasteiger partial charge >= 0.3 is 0 Å². The van der Waals surface area contributed by atoms with Crippen molar-refractivity contribution in [3.05, 3.63) is 0 Å². The minimum Gasteiger partial charge on any atom is -0.300 e. The van der Waals surface area contributed by atoms with Gasteiger partial charge in [0.05, 0.1) is 0 Å². The number of hydrogen-bond donors (Lipinski definition) is 0. The Balaban J connectivity index is 1.87. The summed E-state index contributed by atoms with van der Waals surface area (Å²) in [6, 6.07) is 1.19. The number of nitrogens with zero attached hydrogens (tertiary/aromatic N) is 1. The fourth-order valence-corrected chi connectivity index (χ4v) is 3.58. The van der Waals surface area contributed by atoms with Gasteiger partial charge in [-0.1, -0.05) is 33.1 Å². The van der Waals surface area contributed by atoms with Gasteiger partial charge in [-0.25, -0.2) is 0 Å². The Bertz CT molecular complexity index is 248. The van der Waals surface area contributed by atoms with Gasteiger partial charge < -0.3 is 0 Å². The normalized spacial score (nSPS) is 30.8. The third-order valence-electron chi connectivity index (χ3n) is 4.71. The third-order valence-corrected chi connectivity index (χ3v) is 4.71. The first kappa shape index (κ1) is 13.1. The van der Waals surface area contributed by atoms with Crippen LogP contribution in [0.25, 0.3) is 0 Å². The largest absolute Gasteiger partial charge is 0.300 e. The first-order valence-electron chi connectivity index (χ1n) is 7.52. The molecule has 2 heterocycles. The van der Waals surface area contributed by atoms with E-state index in [1.165, 1.54) is 45.1 Å². The highest BCUT2D eigenvalue weighted by Gasteiger charge is 2.40. The Kier molecular flexibility index (Phi) is 4.61. The molecule has 2 heteroatoms. The van der Waals surface area contributed by atoms with Crippen molar-refractivity contribution in [2.45, 2.75) is 77.3 Å². The summed E-state index contributed by atoms with van der Waals surface area (Å²) < 4.78 is 0. The fraction of sp³-hybridized carbons (Fsp3) is 0.933. The zero-order chi connectivity index (χ0) is 12.3. The third kappa shape index (κ3) is 3.09. The summed E-state index contributed by atoms with van der Waals surface area (Å²) in [6.07, 6.45) is 9.53. The molecule has 17 heavy (non-hydrogen) atoms. The van der Waals surface area contributed by atoms with Crippen LogP contribution in [0.3, 0.4) is 0 Å². The van der Waals surface area contributed by atoms with E-state index in [-0.39, 0.29) is 0 Å². The Labute approximate surface area is 106 Å². The van der Waals surface area contributed by atoms with E-state index in [1.54, 1.807) is 0 Å². The van der Waals surface area contributed by atoms with Gasteiger partial charge in [0.1, 0.15) is 5.78 Å². The van der Waals surface area contributed by atoms with Crippen LogP contribution in [0.5, 0.6) is 0 Å². The van der Waals surface area contributed by atoms with Gasteiger partial charge in [0.2, 0.25) is 0 Å². The summed E-state index contributed by atoms with van der Waals surface area (Å²) in [4.78, 5) is 14.2. The zero-order valence-electron chi connectivity index (χ0n) is 11.5. The molecule has 2 bridgehead atoms. The molecule has 0 amide bonds. The monoisotopic (exact) mass is 237 g/mol. The summed E-state index contributed by atoms with van der Waals surface area (Å²) in [5, 5.41) is 0. The molecule has 2 rings (SSSR count). The van der Waals surface area contributed by atoms with Crippen LogP contribution in [-0.4, -0.2) is 29.3 Å². The molecule has 0 saturated carbocycles. The average molecular weight is 237 g/mol. The number of piperidine rings is 1. The Morgan fingerprint density at radius 1 is 1.24 bits per heavy atom. The second-order valence-electron chi connectivity index (χ2n) is 5.95. The maximum Gasteiger partial charge on any atom is 0.136 e. The lowest BCUT2D eigenvalue weighted by Crippen LogP contribution is -2.45. The zero-order valence-corrected chi connectivity index (χ0v) is 11.5. The van der Waals surface area contributed by atoms with Crippen LogP contribution in [0, 0.1) is 5.92 Å². The summed E-state index contributed by atoms with van der Waals surface area (Å²) >= 11 is 0. The van der Waals surface area contributed by atoms with Crippen LogP contribution < -0.4 is 0 Å². The number of unbranched alkanes of at least 4 members (excludes halogenated alkanes) is 1. The highest BCUT2D eigenvalue weighted by molar-refractivity contribution is 5.80. The fourth-order valence-electron chi connectivity index (χ4n) is 3.58. The maximum absolute atomic E-state index is 11.6. The van der Waals surface area contributed by atoms with Gasteiger partial charge in [-0.15, -0.1) is 0 Å². The van der Waals surface area contributed by atoms with E-state index in [2.05, 4.69) is 18.7 Å². The summed E-state index contributed by atoms with van der Waals surface area (Å²) in [5.41, 5.74) is 0. The van der Waals surface area contributed by atoms with Crippen LogP contribution in [0.15, 0.2) is 0 Å². The topological polar surface area (TPSA) is 20.3 Å². The molecule has 2 saturated heterocycles. The number of hydrogen-bond acceptors (Lipinski definition) is 2. The van der Waals surface area contributed by atoms with Crippen LogP contribution in [0.1, 0.15) is 65.2 Å². The molecule has 0 spiro atoms. The van der Waals surface area contributed by atoms with Crippen molar-refractivity contribution in [1.82, 2.24) is 4.90 Å². The van der Waals surface area contributed by atoms with Crippen LogP contribution in [0.4, 0.5) is 0 Å². The first-order valence-corrected chi connectivity index (χ1v) is 7.52. The summed E-state index contributed by atoms with van der Waals surface area (Å²) in [6.45, 7) is 5.84. The van der Waals surface area contributed by atoms with E-state index in [0.717, 1.165) is 18.8 Å². The van der Waals surface area contributed by atoms with Crippen molar-refractivity contribution in [3.8, 4) is 0 Å². The van der Waals surface area contributed by atoms with E-state index >= 15 is 0 Å². The van der Waals surface area contributed by atoms with Gasteiger partial charge in [-0.2, -0.15) is 0 Å². The van der Waals surface area contributed by atoms with Crippen LogP contribution >= 0.6 is 0 Å². The summed E-state index contributed by atoms with van der Waals surface area (Å²) in [7, 11) is 0. The second kappa shape index (κ2) is 5.99. The summed E-state index contributed by atoms with van der Waals surface area (Å²) in [5.74, 6) is 1.36. The van der Waals surface area contributed by atoms with Gasteiger partial charge in [0.15, 0.2) is 0 Å². The second-order valence-corrected chi connectivity index (χ2v) is 5.95. The molecule has 3 unspecified atom stereocenters. The molecule has 0 N–H and O–H groups in total. The molecule has 2 aliphatic heterocycles. The molecular weight excluding hydrogens is 210 g/mol. The number of ketones is 1. The minimum absolute atomic E-state index is 0.510. The number of carbonyl (C=O) groups is 1. The lowest BCUT2D eigenvalue weighted by Gasteiger charge is -2.36. The molecule has 0 radical (unpaired) electrons. The van der Waals surface area contributed by atoms with E-state index < -0.39 is 0 Å². The molecule has 2 nitrogen and oxygen atoms in total. The van der Waals surface area contributed by atoms with Crippen LogP contribution in [0.2, 0.25) is 0 Å². The molecule has 0 aromatic heterocycles. The molecule has 0 aromatic rings. The average Bonchev–Trinajstić information content (AvgIpc) is 2.56. The minimum atomic E-state index is 0.510. The maximum atomic E-state index is 11.6. The Hall–Kier alpha value is -0.370. The van der Waals surface area contributed by atoms with Crippen molar-refractivity contribution in [2.75, 3.05) is 6.54 Å². The molecule has 3 atom stereocenters. The lowest BCUT2D eigenvalue weighted by molar-refractivity contribution is -0.123. The van der Waals surface area contributed by atoms with Crippen molar-refractivity contribution in [1.29, 1.82) is 0 Å². The molecule has 0 aliphatic carbocycles. The Morgan fingerprint density at radius 3 is 2.41 bits per heavy atom. The SMILES string of the molecule is CCCCC(CC)CN1C2CCC1CC(=O)C2. The number of rotatable bonds is 6. The van der Waals surface area contributed by atoms with E-state index in [1.807, 2.05) is 0 Å². The van der Waals surface area contributed by atoms with Gasteiger partial charge in [0.25, 0.3) is 0 Å². The van der Waals surface area contributed by atoms with Crippen molar-refractivity contribution < 1.29 is 4.79 Å². The molecule has 98 valence electrons. The number of fused-ring (bicyclic) bond motifs is 2. The molecule has 2 fully saturated rings. The predicted octanol–water partition coefficient (Wildman–Crippen LogP) is 3.40. The number of carbonyl (C=O) groups excluding carboxylic acids is 1. The highest BCUT2D eigenvalue weighted by atomic mass is 16.1. The van der Waals surface area contributed by atoms with Gasteiger partial charge in [-0.3, -0.25) is 9.69 Å². The van der Waals surface area contributed by atoms with Crippen molar-refractivity contribution in [2.24, 2.45) is 5.92 Å². The van der Waals surface area contributed by atoms with Crippen molar-refractivity contribution in [3.63, 3.8) is 0 Å². The Morgan fingerprint density at radius 2 is 1.88 bits per heavy atom. The van der Waals surface area contributed by atoms with Crippen molar-refractivity contribution >= 4 is 5.78 Å². The smallest absolute Gasteiger partial charge is 0.136 e. The lowest BCUT2D eigenvalue weighted by atomic mass is 9.95. The van der Waals surface area contributed by atoms with Crippen LogP contribution in [-0.2, 0) is 4.79 Å². The number of Topliss-reactive ketones (excluding diaryl/α,β-unsaturated/α-hetero) is 1. The first-order chi connectivity index (χ1) is 8.24. The highest BCUT2D eigenvalue weighted by Crippen LogP contribution is 2.35. The molecule has 0 aromatic carbocycles. The predicted molar refractivity (Wildman–Crippen MR) is 71.1 cm³/mol. The standard InChI is InChI=1S/C15H27NO/c1-3-5-6-12(4-2)11-16-13-7-8-14(16)10-15(17)9-13/h12-14H,3-11H2,1-2H3. The van der Waals surface area contributed by atoms with E-state index in [9.17, 15) is 4.79 Å². The van der Waals surface area contributed by atoms with E-state index in [4.69, 9.17) is 0 Å². The van der Waals surface area contributed by atoms with Gasteiger partial charge in [0, 0.05) is 31.5 Å². The quantitative estimate of drug-likeness (QED) is 0.705.